The molecule has 0 aliphatic heterocycles. The number of hydrogen-bond donors (Lipinski definition) is 1. The Hall–Kier alpha value is -0.480. The second kappa shape index (κ2) is 5.22. The minimum absolute atomic E-state index is 0.114. The van der Waals surface area contributed by atoms with E-state index in [1.165, 1.54) is 0 Å². The minimum atomic E-state index is 0.114. The van der Waals surface area contributed by atoms with Crippen LogP contribution in [-0.4, -0.2) is 11.7 Å². The number of rotatable bonds is 3. The molecule has 1 N–H and O–H groups in total. The third-order valence-electron chi connectivity index (χ3n) is 1.54. The Morgan fingerprint density at radius 2 is 1.92 bits per heavy atom. The van der Waals surface area contributed by atoms with Gasteiger partial charge in [-0.1, -0.05) is 12.8 Å². The van der Waals surface area contributed by atoms with Crippen molar-refractivity contribution in [2.75, 3.05) is 6.61 Å². The maximum atomic E-state index is 8.75. The van der Waals surface area contributed by atoms with Gasteiger partial charge in [0.2, 0.25) is 0 Å². The molecule has 0 radical (unpaired) electrons. The molecule has 0 fully saturated rings. The van der Waals surface area contributed by atoms with Gasteiger partial charge in [0.1, 0.15) is 0 Å². The van der Waals surface area contributed by atoms with Crippen molar-refractivity contribution in [2.24, 2.45) is 11.3 Å². The van der Waals surface area contributed by atoms with Crippen LogP contribution in [0.2, 0.25) is 0 Å². The van der Waals surface area contributed by atoms with Gasteiger partial charge in [-0.2, -0.15) is 0 Å². The highest BCUT2D eigenvalue weighted by molar-refractivity contribution is 5.06. The summed E-state index contributed by atoms with van der Waals surface area (Å²) in [6.07, 6.45) is 1.90. The molecule has 0 aromatic carbocycles. The van der Waals surface area contributed by atoms with Gasteiger partial charge in [0.15, 0.2) is 0 Å². The van der Waals surface area contributed by atoms with Crippen molar-refractivity contribution in [1.29, 1.82) is 0 Å². The van der Waals surface area contributed by atoms with E-state index in [1.807, 2.05) is 6.92 Å². The average molecular weight is 168 g/mol. The molecule has 0 aliphatic rings. The molecule has 0 rings (SSSR count). The first-order chi connectivity index (χ1) is 5.45. The van der Waals surface area contributed by atoms with Gasteiger partial charge in [0.25, 0.3) is 0 Å². The number of aliphatic hydroxyl groups excluding tert-OH is 1. The Morgan fingerprint density at radius 3 is 2.33 bits per heavy atom. The number of hydrogen-bond acceptors (Lipinski definition) is 1. The zero-order valence-electron chi connectivity index (χ0n) is 8.65. The second-order valence-corrected chi connectivity index (χ2v) is 4.38. The molecule has 0 saturated carbocycles. The summed E-state index contributed by atoms with van der Waals surface area (Å²) in [4.78, 5) is 0. The summed E-state index contributed by atoms with van der Waals surface area (Å²) >= 11 is 0. The predicted octanol–water partition coefficient (Wildman–Crippen LogP) is 2.44. The van der Waals surface area contributed by atoms with Gasteiger partial charge < -0.3 is 5.11 Å². The van der Waals surface area contributed by atoms with Gasteiger partial charge in [-0.15, -0.1) is 5.92 Å². The van der Waals surface area contributed by atoms with E-state index in [4.69, 9.17) is 5.11 Å². The maximum Gasteiger partial charge on any atom is 0.0456 e. The molecule has 0 saturated heterocycles. The predicted molar refractivity (Wildman–Crippen MR) is 52.7 cm³/mol. The molecule has 1 unspecified atom stereocenters. The summed E-state index contributed by atoms with van der Waals surface area (Å²) in [7, 11) is 0. The summed E-state index contributed by atoms with van der Waals surface area (Å²) in [5.74, 6) is 6.69. The lowest BCUT2D eigenvalue weighted by atomic mass is 9.97. The smallest absolute Gasteiger partial charge is 0.0456 e. The van der Waals surface area contributed by atoms with Crippen LogP contribution in [-0.2, 0) is 0 Å². The van der Waals surface area contributed by atoms with E-state index in [0.29, 0.717) is 5.92 Å². The van der Waals surface area contributed by atoms with E-state index in [1.54, 1.807) is 0 Å². The van der Waals surface area contributed by atoms with Crippen LogP contribution in [0.3, 0.4) is 0 Å². The van der Waals surface area contributed by atoms with E-state index in [0.717, 1.165) is 12.8 Å². The molecule has 1 atom stereocenters. The van der Waals surface area contributed by atoms with E-state index >= 15 is 0 Å². The Labute approximate surface area is 76.2 Å². The minimum Gasteiger partial charge on any atom is -0.396 e. The standard InChI is InChI=1S/C11H20O/c1-10(9-12)7-5-6-8-11(2,3)4/h10,12H,5,7,9H2,1-4H3. The van der Waals surface area contributed by atoms with E-state index in [9.17, 15) is 0 Å². The SMILES string of the molecule is CC(CO)CCC#CC(C)(C)C. The van der Waals surface area contributed by atoms with Crippen molar-refractivity contribution in [1.82, 2.24) is 0 Å². The summed E-state index contributed by atoms with van der Waals surface area (Å²) in [6, 6.07) is 0. The van der Waals surface area contributed by atoms with Crippen LogP contribution in [0, 0.1) is 23.2 Å². The Bertz CT molecular complexity index is 166. The third-order valence-corrected chi connectivity index (χ3v) is 1.54. The highest BCUT2D eigenvalue weighted by Gasteiger charge is 2.03. The van der Waals surface area contributed by atoms with Crippen molar-refractivity contribution < 1.29 is 5.11 Å². The molecule has 0 aromatic heterocycles. The topological polar surface area (TPSA) is 20.2 Å². The molecule has 0 amide bonds. The lowest BCUT2D eigenvalue weighted by Gasteiger charge is -2.07. The summed E-state index contributed by atoms with van der Waals surface area (Å²) in [6.45, 7) is 8.64. The summed E-state index contributed by atoms with van der Waals surface area (Å²) in [5, 5.41) is 8.75. The van der Waals surface area contributed by atoms with Crippen LogP contribution >= 0.6 is 0 Å². The molecule has 70 valence electrons. The van der Waals surface area contributed by atoms with E-state index in [2.05, 4.69) is 32.6 Å². The molecule has 0 aromatic rings. The quantitative estimate of drug-likeness (QED) is 0.642. The first-order valence-corrected chi connectivity index (χ1v) is 4.56. The van der Waals surface area contributed by atoms with Crippen LogP contribution in [0.1, 0.15) is 40.5 Å². The van der Waals surface area contributed by atoms with Crippen LogP contribution in [0.5, 0.6) is 0 Å². The lowest BCUT2D eigenvalue weighted by Crippen LogP contribution is -2.01. The molecular formula is C11H20O. The Kier molecular flexibility index (Phi) is 5.01. The van der Waals surface area contributed by atoms with Gasteiger partial charge >= 0.3 is 0 Å². The van der Waals surface area contributed by atoms with Crippen LogP contribution < -0.4 is 0 Å². The fourth-order valence-electron chi connectivity index (χ4n) is 0.738. The third kappa shape index (κ3) is 7.63. The van der Waals surface area contributed by atoms with Crippen molar-refractivity contribution >= 4 is 0 Å². The molecule has 0 aliphatic carbocycles. The monoisotopic (exact) mass is 168 g/mol. The molecule has 1 heteroatoms. The maximum absolute atomic E-state index is 8.75. The molecule has 0 spiro atoms. The van der Waals surface area contributed by atoms with Crippen molar-refractivity contribution in [3.05, 3.63) is 0 Å². The van der Waals surface area contributed by atoms with E-state index in [-0.39, 0.29) is 12.0 Å². The highest BCUT2D eigenvalue weighted by Crippen LogP contribution is 2.10. The van der Waals surface area contributed by atoms with Crippen LogP contribution in [0.15, 0.2) is 0 Å². The first-order valence-electron chi connectivity index (χ1n) is 4.56. The molecule has 12 heavy (non-hydrogen) atoms. The van der Waals surface area contributed by atoms with Crippen molar-refractivity contribution in [2.45, 2.75) is 40.5 Å². The van der Waals surface area contributed by atoms with Crippen molar-refractivity contribution in [3.8, 4) is 11.8 Å². The Balaban J connectivity index is 3.60. The zero-order valence-corrected chi connectivity index (χ0v) is 8.65. The van der Waals surface area contributed by atoms with Gasteiger partial charge in [0.05, 0.1) is 0 Å². The van der Waals surface area contributed by atoms with Crippen LogP contribution in [0.4, 0.5) is 0 Å². The molecular weight excluding hydrogens is 148 g/mol. The van der Waals surface area contributed by atoms with E-state index < -0.39 is 0 Å². The van der Waals surface area contributed by atoms with Gasteiger partial charge in [-0.25, -0.2) is 0 Å². The summed E-state index contributed by atoms with van der Waals surface area (Å²) < 4.78 is 0. The lowest BCUT2D eigenvalue weighted by molar-refractivity contribution is 0.231. The highest BCUT2D eigenvalue weighted by atomic mass is 16.3. The van der Waals surface area contributed by atoms with Crippen LogP contribution in [0.25, 0.3) is 0 Å². The summed E-state index contributed by atoms with van der Waals surface area (Å²) in [5.41, 5.74) is 0.114. The van der Waals surface area contributed by atoms with Gasteiger partial charge in [-0.05, 0) is 33.1 Å². The van der Waals surface area contributed by atoms with Gasteiger partial charge in [0, 0.05) is 18.4 Å². The number of aliphatic hydroxyl groups is 1. The molecule has 0 heterocycles. The first kappa shape index (κ1) is 11.5. The van der Waals surface area contributed by atoms with Crippen molar-refractivity contribution in [3.63, 3.8) is 0 Å². The average Bonchev–Trinajstić information content (AvgIpc) is 1.96. The zero-order chi connectivity index (χ0) is 9.61. The van der Waals surface area contributed by atoms with Gasteiger partial charge in [-0.3, -0.25) is 0 Å². The Morgan fingerprint density at radius 1 is 1.33 bits per heavy atom. The second-order valence-electron chi connectivity index (χ2n) is 4.38. The largest absolute Gasteiger partial charge is 0.396 e. The fourth-order valence-corrected chi connectivity index (χ4v) is 0.738. The molecule has 0 bridgehead atoms. The normalized spacial score (nSPS) is 13.4. The molecule has 1 nitrogen and oxygen atoms in total. The fraction of sp³-hybridized carbons (Fsp3) is 0.818.